The molecule has 3 rings (SSSR count). The lowest BCUT2D eigenvalue weighted by Crippen LogP contribution is -2.52. The Hall–Kier alpha value is -2.91. The average Bonchev–Trinajstić information content (AvgIpc) is 2.87. The number of nitrogens with one attached hydrogen (secondary N) is 1. The molecule has 0 fully saturated rings. The van der Waals surface area contributed by atoms with Crippen molar-refractivity contribution >= 4 is 45.0 Å². The molecule has 0 aromatic heterocycles. The van der Waals surface area contributed by atoms with Gasteiger partial charge in [0, 0.05) is 42.7 Å². The number of likely N-dealkylation sites (N-methyl/N-ethyl adjacent to an activating group) is 2. The first-order valence-corrected chi connectivity index (χ1v) is 13.7. The van der Waals surface area contributed by atoms with Crippen LogP contribution in [0.1, 0.15) is 16.7 Å². The fourth-order valence-corrected chi connectivity index (χ4v) is 5.47. The highest BCUT2D eigenvalue weighted by Gasteiger charge is 2.33. The highest BCUT2D eigenvalue weighted by atomic mass is 35.5. The van der Waals surface area contributed by atoms with Gasteiger partial charge in [0.15, 0.2) is 0 Å². The van der Waals surface area contributed by atoms with Crippen molar-refractivity contribution in [2.45, 2.75) is 30.8 Å². The monoisotopic (exact) mass is 561 g/mol. The molecule has 3 aromatic carbocycles. The van der Waals surface area contributed by atoms with Crippen LogP contribution in [0, 0.1) is 6.92 Å². The smallest absolute Gasteiger partial charge is 0.243 e. The summed E-state index contributed by atoms with van der Waals surface area (Å²) in [7, 11) is -1.13. The Bertz CT molecular complexity index is 1330. The first-order valence-electron chi connectivity index (χ1n) is 11.6. The maximum absolute atomic E-state index is 13.7. The highest BCUT2D eigenvalue weighted by molar-refractivity contribution is 7.89. The Kier molecular flexibility index (Phi) is 9.73. The summed E-state index contributed by atoms with van der Waals surface area (Å²) >= 11 is 12.8. The van der Waals surface area contributed by atoms with Gasteiger partial charge in [-0.25, -0.2) is 8.42 Å². The molecule has 0 heterocycles. The molecule has 0 aliphatic carbocycles. The second-order valence-corrected chi connectivity index (χ2v) is 11.5. The normalized spacial score (nSPS) is 12.3. The van der Waals surface area contributed by atoms with Gasteiger partial charge >= 0.3 is 0 Å². The van der Waals surface area contributed by atoms with E-state index in [0.29, 0.717) is 15.6 Å². The van der Waals surface area contributed by atoms with E-state index in [1.807, 2.05) is 37.3 Å². The van der Waals surface area contributed by atoms with Crippen LogP contribution in [0.25, 0.3) is 0 Å². The van der Waals surface area contributed by atoms with Crippen LogP contribution in [-0.4, -0.2) is 56.1 Å². The SMILES string of the molecule is CNC(=O)[C@H](Cc1ccccc1)N(Cc1c(Cl)cccc1Cl)C(=O)CN(C)S(=O)(=O)c1ccc(C)cc1. The number of halogens is 2. The third-order valence-electron chi connectivity index (χ3n) is 5.99. The standard InChI is InChI=1S/C27H29Cl2N3O4S/c1-19-12-14-21(15-13-19)37(35,36)31(3)18-26(33)32(17-22-23(28)10-7-11-24(22)29)25(27(34)30-2)16-20-8-5-4-6-9-20/h4-15,25H,16-18H2,1-3H3,(H,30,34)/t25-/m0/s1. The first-order chi connectivity index (χ1) is 17.5. The number of amides is 2. The van der Waals surface area contributed by atoms with Crippen molar-refractivity contribution in [3.05, 3.63) is 99.5 Å². The van der Waals surface area contributed by atoms with Crippen LogP contribution in [0.5, 0.6) is 0 Å². The van der Waals surface area contributed by atoms with Gasteiger partial charge in [-0.2, -0.15) is 4.31 Å². The zero-order chi connectivity index (χ0) is 27.2. The fourth-order valence-electron chi connectivity index (χ4n) is 3.83. The van der Waals surface area contributed by atoms with Crippen LogP contribution in [0.15, 0.2) is 77.7 Å². The van der Waals surface area contributed by atoms with Gasteiger partial charge in [0.05, 0.1) is 11.4 Å². The number of rotatable bonds is 10. The van der Waals surface area contributed by atoms with E-state index in [2.05, 4.69) is 5.32 Å². The summed E-state index contributed by atoms with van der Waals surface area (Å²) in [6, 6.07) is 19.7. The number of carbonyl (C=O) groups is 2. The van der Waals surface area contributed by atoms with Crippen LogP contribution < -0.4 is 5.32 Å². The zero-order valence-corrected chi connectivity index (χ0v) is 23.1. The molecule has 0 aliphatic heterocycles. The summed E-state index contributed by atoms with van der Waals surface area (Å²) in [5.74, 6) is -0.969. The number of hydrogen-bond acceptors (Lipinski definition) is 4. The topological polar surface area (TPSA) is 86.8 Å². The molecule has 10 heteroatoms. The van der Waals surface area contributed by atoms with Gasteiger partial charge in [0.2, 0.25) is 21.8 Å². The summed E-state index contributed by atoms with van der Waals surface area (Å²) < 4.78 is 27.3. The quantitative estimate of drug-likeness (QED) is 0.399. The van der Waals surface area contributed by atoms with Crippen molar-refractivity contribution < 1.29 is 18.0 Å². The van der Waals surface area contributed by atoms with E-state index in [-0.39, 0.29) is 17.9 Å². The average molecular weight is 563 g/mol. The maximum Gasteiger partial charge on any atom is 0.243 e. The molecule has 7 nitrogen and oxygen atoms in total. The van der Waals surface area contributed by atoms with E-state index in [4.69, 9.17) is 23.2 Å². The molecule has 0 spiro atoms. The van der Waals surface area contributed by atoms with Gasteiger partial charge in [0.1, 0.15) is 6.04 Å². The minimum atomic E-state index is -3.95. The summed E-state index contributed by atoms with van der Waals surface area (Å²) in [5, 5.41) is 3.29. The first kappa shape index (κ1) is 28.7. The zero-order valence-electron chi connectivity index (χ0n) is 20.8. The predicted octanol–water partition coefficient (Wildman–Crippen LogP) is 4.31. The van der Waals surface area contributed by atoms with Crippen LogP contribution in [-0.2, 0) is 32.6 Å². The number of carbonyl (C=O) groups excluding carboxylic acids is 2. The number of nitrogens with zero attached hydrogens (tertiary/aromatic N) is 2. The van der Waals surface area contributed by atoms with Crippen molar-refractivity contribution in [2.75, 3.05) is 20.6 Å². The summed E-state index contributed by atoms with van der Waals surface area (Å²) in [5.41, 5.74) is 2.21. The number of sulfonamides is 1. The lowest BCUT2D eigenvalue weighted by atomic mass is 10.0. The Morgan fingerprint density at radius 3 is 2.08 bits per heavy atom. The minimum absolute atomic E-state index is 0.0706. The molecule has 0 bridgehead atoms. The van der Waals surface area contributed by atoms with Gasteiger partial charge in [-0.05, 0) is 36.8 Å². The molecular formula is C27H29Cl2N3O4S. The van der Waals surface area contributed by atoms with Gasteiger partial charge < -0.3 is 10.2 Å². The van der Waals surface area contributed by atoms with E-state index >= 15 is 0 Å². The van der Waals surface area contributed by atoms with Crippen molar-refractivity contribution in [3.63, 3.8) is 0 Å². The predicted molar refractivity (Wildman–Crippen MR) is 146 cm³/mol. The van der Waals surface area contributed by atoms with Crippen LogP contribution in [0.3, 0.4) is 0 Å². The molecule has 0 saturated carbocycles. The lowest BCUT2D eigenvalue weighted by Gasteiger charge is -2.32. The molecule has 0 unspecified atom stereocenters. The fraction of sp³-hybridized carbons (Fsp3) is 0.259. The van der Waals surface area contributed by atoms with Crippen molar-refractivity contribution in [1.29, 1.82) is 0 Å². The molecule has 2 amide bonds. The van der Waals surface area contributed by atoms with Crippen LogP contribution in [0.4, 0.5) is 0 Å². The largest absolute Gasteiger partial charge is 0.357 e. The van der Waals surface area contributed by atoms with E-state index in [1.54, 1.807) is 30.3 Å². The Morgan fingerprint density at radius 2 is 1.51 bits per heavy atom. The van der Waals surface area contributed by atoms with Gasteiger partial charge in [-0.15, -0.1) is 0 Å². The van der Waals surface area contributed by atoms with Gasteiger partial charge in [-0.3, -0.25) is 9.59 Å². The van der Waals surface area contributed by atoms with Crippen LogP contribution in [0.2, 0.25) is 10.0 Å². The Morgan fingerprint density at radius 1 is 0.919 bits per heavy atom. The van der Waals surface area contributed by atoms with Crippen LogP contribution >= 0.6 is 23.2 Å². The molecule has 0 saturated heterocycles. The summed E-state index contributed by atoms with van der Waals surface area (Å²) in [6.45, 7) is 1.29. The molecule has 1 atom stereocenters. The molecular weight excluding hydrogens is 533 g/mol. The molecule has 0 radical (unpaired) electrons. The molecule has 37 heavy (non-hydrogen) atoms. The Labute approximate surface area is 228 Å². The highest BCUT2D eigenvalue weighted by Crippen LogP contribution is 2.27. The second kappa shape index (κ2) is 12.6. The maximum atomic E-state index is 13.7. The summed E-state index contributed by atoms with van der Waals surface area (Å²) in [4.78, 5) is 28.2. The second-order valence-electron chi connectivity index (χ2n) is 8.62. The van der Waals surface area contributed by atoms with Gasteiger partial charge in [-0.1, -0.05) is 77.3 Å². The molecule has 0 aliphatic rings. The number of benzene rings is 3. The molecule has 196 valence electrons. The minimum Gasteiger partial charge on any atom is -0.357 e. The Balaban J connectivity index is 1.98. The van der Waals surface area contributed by atoms with E-state index in [0.717, 1.165) is 15.4 Å². The molecule has 1 N–H and O–H groups in total. The van der Waals surface area contributed by atoms with Crippen molar-refractivity contribution in [1.82, 2.24) is 14.5 Å². The number of aryl methyl sites for hydroxylation is 1. The van der Waals surface area contributed by atoms with E-state index in [9.17, 15) is 18.0 Å². The molecule has 3 aromatic rings. The van der Waals surface area contributed by atoms with Gasteiger partial charge in [0.25, 0.3) is 0 Å². The van der Waals surface area contributed by atoms with Crippen molar-refractivity contribution in [2.24, 2.45) is 0 Å². The summed E-state index contributed by atoms with van der Waals surface area (Å²) in [6.07, 6.45) is 0.211. The van der Waals surface area contributed by atoms with E-state index < -0.39 is 34.4 Å². The third kappa shape index (κ3) is 7.11. The third-order valence-corrected chi connectivity index (χ3v) is 8.52. The van der Waals surface area contributed by atoms with Crippen molar-refractivity contribution in [3.8, 4) is 0 Å². The van der Waals surface area contributed by atoms with E-state index in [1.165, 1.54) is 31.1 Å². The lowest BCUT2D eigenvalue weighted by molar-refractivity contribution is -0.141. The number of hydrogen-bond donors (Lipinski definition) is 1.